The molecule has 0 aromatic carbocycles. The van der Waals surface area contributed by atoms with E-state index in [4.69, 9.17) is 0 Å². The second-order valence-electron chi connectivity index (χ2n) is 2.89. The van der Waals surface area contributed by atoms with Gasteiger partial charge in [0.2, 0.25) is 0 Å². The quantitative estimate of drug-likeness (QED) is 0.512. The maximum absolute atomic E-state index is 11.1. The van der Waals surface area contributed by atoms with Crippen LogP contribution in [0.25, 0.3) is 0 Å². The van der Waals surface area contributed by atoms with Gasteiger partial charge in [0.15, 0.2) is 5.78 Å². The molecule has 1 nitrogen and oxygen atoms in total. The van der Waals surface area contributed by atoms with E-state index in [-0.39, 0.29) is 16.3 Å². The lowest BCUT2D eigenvalue weighted by molar-refractivity contribution is -0.117. The van der Waals surface area contributed by atoms with Crippen molar-refractivity contribution in [3.63, 3.8) is 0 Å². The Kier molecular flexibility index (Phi) is 4.96. The third-order valence-electron chi connectivity index (χ3n) is 1.11. The zero-order valence-corrected chi connectivity index (χ0v) is 10.3. The number of allylic oxidation sites excluding steroid dienone is 2. The Morgan fingerprint density at radius 3 is 2.09 bits per heavy atom. The van der Waals surface area contributed by atoms with Gasteiger partial charge in [-0.1, -0.05) is 19.9 Å². The van der Waals surface area contributed by atoms with E-state index >= 15 is 0 Å². The molecule has 0 aromatic heterocycles. The van der Waals surface area contributed by atoms with Crippen molar-refractivity contribution in [2.24, 2.45) is 5.92 Å². The molecule has 0 saturated heterocycles. The topological polar surface area (TPSA) is 17.1 Å². The maximum Gasteiger partial charge on any atom is 0.157 e. The first kappa shape index (κ1) is 11.7. The number of ketones is 1. The predicted molar refractivity (Wildman–Crippen MR) is 60.8 cm³/mol. The average Bonchev–Trinajstić information content (AvgIpc) is 1.80. The van der Waals surface area contributed by atoms with Crippen molar-refractivity contribution in [2.45, 2.75) is 18.5 Å². The molecule has 0 amide bonds. The second-order valence-corrected chi connectivity index (χ2v) is 7.89. The van der Waals surface area contributed by atoms with E-state index in [0.29, 0.717) is 0 Å². The molecule has 0 rings (SSSR count). The molecule has 0 radical (unpaired) electrons. The number of hydrogen-bond donors (Lipinski definition) is 0. The van der Waals surface area contributed by atoms with Crippen LogP contribution in [0.1, 0.15) is 13.8 Å². The lowest BCUT2D eigenvalue weighted by atomic mass is 10.1. The third kappa shape index (κ3) is 7.07. The maximum atomic E-state index is 11.1. The average molecular weight is 208 g/mol. The summed E-state index contributed by atoms with van der Waals surface area (Å²) in [5.41, 5.74) is 0. The molecule has 0 aliphatic rings. The molecule has 0 fully saturated rings. The minimum Gasteiger partial charge on any atom is -0.295 e. The van der Waals surface area contributed by atoms with E-state index in [0.717, 1.165) is 0 Å². The van der Waals surface area contributed by atoms with Gasteiger partial charge in [0.1, 0.15) is 0 Å². The number of hydrogen-bond acceptors (Lipinski definition) is 1. The Morgan fingerprint density at radius 1 is 1.36 bits per heavy atom. The van der Waals surface area contributed by atoms with E-state index in [2.05, 4.69) is 27.7 Å². The van der Waals surface area contributed by atoms with Crippen LogP contribution in [0.15, 0.2) is 12.2 Å². The van der Waals surface area contributed by atoms with E-state index in [1.54, 1.807) is 6.08 Å². The van der Waals surface area contributed by atoms with Crippen molar-refractivity contribution in [3.05, 3.63) is 12.2 Å². The first-order valence-corrected chi connectivity index (χ1v) is 5.16. The Balaban J connectivity index is 4.05. The van der Waals surface area contributed by atoms with Gasteiger partial charge >= 0.3 is 0 Å². The monoisotopic (exact) mass is 208 g/mol. The van der Waals surface area contributed by atoms with Crippen LogP contribution in [0, 0.1) is 5.92 Å². The summed E-state index contributed by atoms with van der Waals surface area (Å²) in [5.74, 6) is 0.260. The third-order valence-corrected chi connectivity index (χ3v) is 1.68. The summed E-state index contributed by atoms with van der Waals surface area (Å²) in [7, 11) is 7.80. The minimum atomic E-state index is -0.134. The Hall–Kier alpha value is 0.700. The number of rotatable bonds is 3. The first-order chi connectivity index (χ1) is 4.83. The highest BCUT2D eigenvalue weighted by Gasteiger charge is 2.07. The normalized spacial score (nSPS) is 12.9. The molecule has 0 aliphatic carbocycles. The predicted octanol–water partition coefficient (Wildman–Crippen LogP) is 2.05. The summed E-state index contributed by atoms with van der Waals surface area (Å²) in [6, 6.07) is 0. The summed E-state index contributed by atoms with van der Waals surface area (Å²) in [6.45, 7) is 3.78. The molecule has 3 unspecified atom stereocenters. The van der Waals surface area contributed by atoms with Crippen LogP contribution in [-0.2, 0) is 4.79 Å². The van der Waals surface area contributed by atoms with Gasteiger partial charge in [-0.2, -0.15) is 0 Å². The lowest BCUT2D eigenvalue weighted by Crippen LogP contribution is -2.04. The van der Waals surface area contributed by atoms with Gasteiger partial charge in [0.05, 0.1) is 0 Å². The molecule has 0 aromatic rings. The van der Waals surface area contributed by atoms with Gasteiger partial charge in [-0.05, 0) is 6.08 Å². The van der Waals surface area contributed by atoms with Crippen LogP contribution in [-0.4, -0.2) is 10.4 Å². The summed E-state index contributed by atoms with van der Waals surface area (Å²) in [6.07, 6.45) is 3.47. The fraction of sp³-hybridized carbons (Fsp3) is 0.571. The Morgan fingerprint density at radius 2 is 1.82 bits per heavy atom. The van der Waals surface area contributed by atoms with Crippen molar-refractivity contribution in [3.8, 4) is 0 Å². The van der Waals surface area contributed by atoms with Crippen molar-refractivity contribution >= 4 is 33.5 Å². The van der Waals surface area contributed by atoms with E-state index in [1.165, 1.54) is 0 Å². The summed E-state index contributed by atoms with van der Waals surface area (Å²) in [5, 5.41) is 0. The Labute approximate surface area is 75.4 Å². The van der Waals surface area contributed by atoms with Gasteiger partial charge in [0.25, 0.3) is 0 Å². The van der Waals surface area contributed by atoms with Crippen molar-refractivity contribution in [1.29, 1.82) is 0 Å². The van der Waals surface area contributed by atoms with Crippen LogP contribution in [0.5, 0.6) is 0 Å². The fourth-order valence-electron chi connectivity index (χ4n) is 0.419. The molecule has 0 aliphatic heterocycles. The van der Waals surface area contributed by atoms with Crippen LogP contribution in [0.2, 0.25) is 0 Å². The van der Waals surface area contributed by atoms with Crippen LogP contribution in [0.3, 0.4) is 0 Å². The zero-order valence-electron chi connectivity index (χ0n) is 6.87. The molecule has 0 bridgehead atoms. The molecule has 4 heteroatoms. The van der Waals surface area contributed by atoms with Crippen LogP contribution in [0.4, 0.5) is 0 Å². The highest BCUT2D eigenvalue weighted by molar-refractivity contribution is 7.58. The zero-order chi connectivity index (χ0) is 9.07. The standard InChI is InChI=1S/C7H15OP3/c1-5(2)6(8)3-4-7(9,10)11/h3-5H,9-11H2,1-2H3/b4-3+. The SMILES string of the molecule is CC(C)C(=O)/C=C/C(P)(P)P. The molecule has 0 N–H and O–H groups in total. The van der Waals surface area contributed by atoms with Gasteiger partial charge in [0, 0.05) is 10.6 Å². The van der Waals surface area contributed by atoms with Gasteiger partial charge < -0.3 is 0 Å². The van der Waals surface area contributed by atoms with E-state index in [1.807, 2.05) is 19.9 Å². The highest BCUT2D eigenvalue weighted by atomic mass is 31.1. The smallest absolute Gasteiger partial charge is 0.157 e. The van der Waals surface area contributed by atoms with E-state index < -0.39 is 0 Å². The van der Waals surface area contributed by atoms with Gasteiger partial charge in [-0.15, -0.1) is 27.7 Å². The van der Waals surface area contributed by atoms with Gasteiger partial charge in [-0.25, -0.2) is 0 Å². The molecule has 0 heterocycles. The second kappa shape index (κ2) is 4.66. The number of carbonyl (C=O) groups excluding carboxylic acids is 1. The summed E-state index contributed by atoms with van der Waals surface area (Å²) >= 11 is 0. The molecule has 11 heavy (non-hydrogen) atoms. The van der Waals surface area contributed by atoms with Gasteiger partial charge in [-0.3, -0.25) is 4.79 Å². The van der Waals surface area contributed by atoms with E-state index in [9.17, 15) is 4.79 Å². The van der Waals surface area contributed by atoms with Crippen molar-refractivity contribution < 1.29 is 4.79 Å². The molecular weight excluding hydrogens is 193 g/mol. The molecule has 3 atom stereocenters. The minimum absolute atomic E-state index is 0.0913. The summed E-state index contributed by atoms with van der Waals surface area (Å²) < 4.78 is -0.134. The molecular formula is C7H15OP3. The molecule has 0 spiro atoms. The lowest BCUT2D eigenvalue weighted by Gasteiger charge is -2.10. The van der Waals surface area contributed by atoms with Crippen LogP contribution < -0.4 is 0 Å². The van der Waals surface area contributed by atoms with Crippen LogP contribution >= 0.6 is 27.7 Å². The highest BCUT2D eigenvalue weighted by Crippen LogP contribution is 2.35. The molecule has 0 saturated carbocycles. The fourth-order valence-corrected chi connectivity index (χ4v) is 0.708. The largest absolute Gasteiger partial charge is 0.295 e. The summed E-state index contributed by atoms with van der Waals surface area (Å²) in [4.78, 5) is 11.1. The van der Waals surface area contributed by atoms with Crippen molar-refractivity contribution in [1.82, 2.24) is 0 Å². The Bertz CT molecular complexity index is 167. The molecule has 64 valence electrons. The first-order valence-electron chi connectivity index (χ1n) is 3.42. The number of carbonyl (C=O) groups is 1. The van der Waals surface area contributed by atoms with Crippen molar-refractivity contribution in [2.75, 3.05) is 0 Å².